The number of aromatic nitrogens is 2. The van der Waals surface area contributed by atoms with Gasteiger partial charge in [0.25, 0.3) is 5.91 Å². The molecule has 0 aliphatic carbocycles. The molecule has 3 aromatic rings. The van der Waals surface area contributed by atoms with Crippen LogP contribution < -0.4 is 10.1 Å². The third kappa shape index (κ3) is 4.69. The summed E-state index contributed by atoms with van der Waals surface area (Å²) >= 11 is 0. The summed E-state index contributed by atoms with van der Waals surface area (Å²) in [6.45, 7) is 2.97. The fourth-order valence-corrected chi connectivity index (χ4v) is 2.33. The average Bonchev–Trinajstić information content (AvgIpc) is 3.17. The van der Waals surface area contributed by atoms with E-state index >= 15 is 0 Å². The van der Waals surface area contributed by atoms with Crippen molar-refractivity contribution in [2.75, 3.05) is 6.61 Å². The van der Waals surface area contributed by atoms with Crippen LogP contribution in [0.2, 0.25) is 0 Å². The van der Waals surface area contributed by atoms with Gasteiger partial charge in [-0.15, -0.1) is 0 Å². The van der Waals surface area contributed by atoms with Crippen LogP contribution in [0.3, 0.4) is 0 Å². The first-order valence-electron chi connectivity index (χ1n) is 8.65. The van der Waals surface area contributed by atoms with Gasteiger partial charge in [-0.2, -0.15) is 4.98 Å². The molecule has 0 unspecified atom stereocenters. The van der Waals surface area contributed by atoms with Gasteiger partial charge in [-0.05, 0) is 30.7 Å². The Bertz CT molecular complexity index is 829. The number of benzene rings is 2. The lowest BCUT2D eigenvalue weighted by Gasteiger charge is -2.06. The van der Waals surface area contributed by atoms with E-state index in [1.807, 2.05) is 30.3 Å². The van der Waals surface area contributed by atoms with E-state index in [0.29, 0.717) is 23.9 Å². The van der Waals surface area contributed by atoms with E-state index in [-0.39, 0.29) is 12.5 Å². The predicted molar refractivity (Wildman–Crippen MR) is 97.7 cm³/mol. The summed E-state index contributed by atoms with van der Waals surface area (Å²) in [5.74, 6) is 1.42. The highest BCUT2D eigenvalue weighted by molar-refractivity contribution is 5.94. The number of rotatable bonds is 8. The molecule has 134 valence electrons. The van der Waals surface area contributed by atoms with Gasteiger partial charge in [0.2, 0.25) is 11.7 Å². The summed E-state index contributed by atoms with van der Waals surface area (Å²) in [7, 11) is 0. The first-order chi connectivity index (χ1) is 12.8. The normalized spacial score (nSPS) is 10.5. The highest BCUT2D eigenvalue weighted by atomic mass is 16.5. The Balaban J connectivity index is 1.53. The molecular formula is C20H21N3O3. The van der Waals surface area contributed by atoms with Crippen molar-refractivity contribution in [3.8, 4) is 17.1 Å². The number of amides is 1. The van der Waals surface area contributed by atoms with Crippen LogP contribution in [0.15, 0.2) is 59.1 Å². The monoisotopic (exact) mass is 351 g/mol. The summed E-state index contributed by atoms with van der Waals surface area (Å²) < 4.78 is 10.8. The maximum Gasteiger partial charge on any atom is 0.251 e. The standard InChI is InChI=1S/C20H21N3O3/c1-2-3-13-25-17-11-9-16(10-12-17)20(24)21-14-18-22-19(23-26-18)15-7-5-4-6-8-15/h4-12H,2-3,13-14H2,1H3,(H,21,24). The van der Waals surface area contributed by atoms with Crippen LogP contribution >= 0.6 is 0 Å². The number of carbonyl (C=O) groups is 1. The van der Waals surface area contributed by atoms with E-state index in [0.717, 1.165) is 24.2 Å². The largest absolute Gasteiger partial charge is 0.494 e. The summed E-state index contributed by atoms with van der Waals surface area (Å²) in [4.78, 5) is 16.5. The Morgan fingerprint density at radius 2 is 1.88 bits per heavy atom. The van der Waals surface area contributed by atoms with Gasteiger partial charge in [-0.25, -0.2) is 0 Å². The first-order valence-corrected chi connectivity index (χ1v) is 8.65. The molecule has 0 saturated heterocycles. The molecule has 0 aliphatic heterocycles. The van der Waals surface area contributed by atoms with Gasteiger partial charge in [0, 0.05) is 11.1 Å². The molecule has 0 saturated carbocycles. The molecule has 1 N–H and O–H groups in total. The second-order valence-corrected chi connectivity index (χ2v) is 5.79. The summed E-state index contributed by atoms with van der Waals surface area (Å²) in [5.41, 5.74) is 1.42. The zero-order chi connectivity index (χ0) is 18.2. The smallest absolute Gasteiger partial charge is 0.251 e. The van der Waals surface area contributed by atoms with Crippen LogP contribution in [0.1, 0.15) is 36.0 Å². The van der Waals surface area contributed by atoms with E-state index in [1.54, 1.807) is 24.3 Å². The molecule has 0 fully saturated rings. The zero-order valence-corrected chi connectivity index (χ0v) is 14.6. The van der Waals surface area contributed by atoms with E-state index in [9.17, 15) is 4.79 Å². The number of hydrogen-bond donors (Lipinski definition) is 1. The van der Waals surface area contributed by atoms with Crippen molar-refractivity contribution in [1.82, 2.24) is 15.5 Å². The van der Waals surface area contributed by atoms with E-state index < -0.39 is 0 Å². The molecule has 3 rings (SSSR count). The zero-order valence-electron chi connectivity index (χ0n) is 14.6. The van der Waals surface area contributed by atoms with Crippen molar-refractivity contribution in [1.29, 1.82) is 0 Å². The SMILES string of the molecule is CCCCOc1ccc(C(=O)NCc2nc(-c3ccccc3)no2)cc1. The molecule has 0 spiro atoms. The van der Waals surface area contributed by atoms with Gasteiger partial charge in [0.1, 0.15) is 5.75 Å². The second-order valence-electron chi connectivity index (χ2n) is 5.79. The topological polar surface area (TPSA) is 77.2 Å². The lowest BCUT2D eigenvalue weighted by atomic mass is 10.2. The maximum atomic E-state index is 12.2. The average molecular weight is 351 g/mol. The maximum absolute atomic E-state index is 12.2. The fraction of sp³-hybridized carbons (Fsp3) is 0.250. The lowest BCUT2D eigenvalue weighted by Crippen LogP contribution is -2.22. The number of unbranched alkanes of at least 4 members (excludes halogenated alkanes) is 1. The number of nitrogens with zero attached hydrogens (tertiary/aromatic N) is 2. The highest BCUT2D eigenvalue weighted by Crippen LogP contribution is 2.15. The molecule has 1 aromatic heterocycles. The van der Waals surface area contributed by atoms with Crippen LogP contribution in [0.25, 0.3) is 11.4 Å². The molecule has 6 heteroatoms. The molecule has 1 amide bonds. The van der Waals surface area contributed by atoms with Gasteiger partial charge >= 0.3 is 0 Å². The van der Waals surface area contributed by atoms with Crippen molar-refractivity contribution < 1.29 is 14.1 Å². The third-order valence-corrected chi connectivity index (χ3v) is 3.78. The van der Waals surface area contributed by atoms with Crippen molar-refractivity contribution in [3.05, 3.63) is 66.1 Å². The van der Waals surface area contributed by atoms with Gasteiger partial charge < -0.3 is 14.6 Å². The van der Waals surface area contributed by atoms with Crippen LogP contribution in [0.4, 0.5) is 0 Å². The summed E-state index contributed by atoms with van der Waals surface area (Å²) in [6, 6.07) is 16.6. The molecule has 1 heterocycles. The first kappa shape index (κ1) is 17.7. The minimum Gasteiger partial charge on any atom is -0.494 e. The molecular weight excluding hydrogens is 330 g/mol. The van der Waals surface area contributed by atoms with Crippen LogP contribution in [0, 0.1) is 0 Å². The lowest BCUT2D eigenvalue weighted by molar-refractivity contribution is 0.0946. The molecule has 26 heavy (non-hydrogen) atoms. The van der Waals surface area contributed by atoms with E-state index in [1.165, 1.54) is 0 Å². The van der Waals surface area contributed by atoms with Crippen LogP contribution in [-0.4, -0.2) is 22.7 Å². The Morgan fingerprint density at radius 1 is 1.12 bits per heavy atom. The molecule has 2 aromatic carbocycles. The number of hydrogen-bond acceptors (Lipinski definition) is 5. The van der Waals surface area contributed by atoms with Gasteiger partial charge in [-0.3, -0.25) is 4.79 Å². The molecule has 0 aliphatic rings. The quantitative estimate of drug-likeness (QED) is 0.624. The van der Waals surface area contributed by atoms with Crippen molar-refractivity contribution >= 4 is 5.91 Å². The van der Waals surface area contributed by atoms with E-state index in [4.69, 9.17) is 9.26 Å². The minimum atomic E-state index is -0.204. The molecule has 0 atom stereocenters. The Labute approximate surface area is 152 Å². The number of carbonyl (C=O) groups excluding carboxylic acids is 1. The Hall–Kier alpha value is -3.15. The van der Waals surface area contributed by atoms with Gasteiger partial charge in [0.15, 0.2) is 0 Å². The van der Waals surface area contributed by atoms with Crippen molar-refractivity contribution in [3.63, 3.8) is 0 Å². The molecule has 0 bridgehead atoms. The minimum absolute atomic E-state index is 0.174. The Morgan fingerprint density at radius 3 is 2.62 bits per heavy atom. The van der Waals surface area contributed by atoms with Gasteiger partial charge in [-0.1, -0.05) is 48.8 Å². The molecule has 6 nitrogen and oxygen atoms in total. The summed E-state index contributed by atoms with van der Waals surface area (Å²) in [5, 5.41) is 6.71. The van der Waals surface area contributed by atoms with Crippen molar-refractivity contribution in [2.45, 2.75) is 26.3 Å². The number of ether oxygens (including phenoxy) is 1. The Kier molecular flexibility index (Phi) is 5.98. The van der Waals surface area contributed by atoms with Crippen LogP contribution in [0.5, 0.6) is 5.75 Å². The highest BCUT2D eigenvalue weighted by Gasteiger charge is 2.11. The predicted octanol–water partition coefficient (Wildman–Crippen LogP) is 3.85. The molecule has 0 radical (unpaired) electrons. The van der Waals surface area contributed by atoms with Crippen molar-refractivity contribution in [2.24, 2.45) is 0 Å². The second kappa shape index (κ2) is 8.80. The summed E-state index contributed by atoms with van der Waals surface area (Å²) in [6.07, 6.45) is 2.10. The van der Waals surface area contributed by atoms with Gasteiger partial charge in [0.05, 0.1) is 13.2 Å². The van der Waals surface area contributed by atoms with E-state index in [2.05, 4.69) is 22.4 Å². The van der Waals surface area contributed by atoms with Crippen LogP contribution in [-0.2, 0) is 6.54 Å². The third-order valence-electron chi connectivity index (χ3n) is 3.78. The number of nitrogens with one attached hydrogen (secondary N) is 1. The fourth-order valence-electron chi connectivity index (χ4n) is 2.33.